The maximum Gasteiger partial charge on any atom is 0.407 e. The molecule has 0 fully saturated rings. The Kier molecular flexibility index (Phi) is 6.11. The van der Waals surface area contributed by atoms with Crippen LogP contribution < -0.4 is 4.72 Å². The molecular weight excluding hydrogens is 446 g/mol. The molecule has 13 heteroatoms. The van der Waals surface area contributed by atoms with E-state index in [1.807, 2.05) is 0 Å². The number of carbonyl (C=O) groups is 1. The molecule has 1 aromatic carbocycles. The maximum atomic E-state index is 12.9. The number of anilines is 1. The molecule has 0 saturated carbocycles. The Balaban J connectivity index is 1.87. The monoisotopic (exact) mass is 469 g/mol. The van der Waals surface area contributed by atoms with E-state index in [9.17, 15) is 21.6 Å². The SMILES string of the molecule is CN(C)S(=O)(=O)c1ccc(S(=O)(=O)Nc2nn(C)cc2C2=CCN(C(=O)O)CC2)cc1. The van der Waals surface area contributed by atoms with Gasteiger partial charge in [0.15, 0.2) is 5.82 Å². The summed E-state index contributed by atoms with van der Waals surface area (Å²) >= 11 is 0. The zero-order valence-corrected chi connectivity index (χ0v) is 18.8. The van der Waals surface area contributed by atoms with Crippen molar-refractivity contribution in [2.45, 2.75) is 16.2 Å². The molecule has 2 heterocycles. The molecule has 1 aromatic heterocycles. The van der Waals surface area contributed by atoms with E-state index in [1.165, 1.54) is 47.9 Å². The predicted octanol–water partition coefficient (Wildman–Crippen LogP) is 1.24. The topological polar surface area (TPSA) is 142 Å². The van der Waals surface area contributed by atoms with Crippen LogP contribution in [0.3, 0.4) is 0 Å². The Hall–Kier alpha value is -2.90. The van der Waals surface area contributed by atoms with Gasteiger partial charge in [0.05, 0.1) is 9.79 Å². The molecule has 2 aromatic rings. The second kappa shape index (κ2) is 8.32. The van der Waals surface area contributed by atoms with Crippen molar-refractivity contribution in [2.75, 3.05) is 31.9 Å². The van der Waals surface area contributed by atoms with Crippen molar-refractivity contribution >= 4 is 37.5 Å². The highest BCUT2D eigenvalue weighted by Crippen LogP contribution is 2.29. The number of amides is 1. The van der Waals surface area contributed by atoms with Crippen LogP contribution in [-0.2, 0) is 27.1 Å². The second-order valence-corrected chi connectivity index (χ2v) is 11.0. The molecule has 0 bridgehead atoms. The van der Waals surface area contributed by atoms with E-state index in [4.69, 9.17) is 5.11 Å². The van der Waals surface area contributed by atoms with Crippen LogP contribution in [0.1, 0.15) is 12.0 Å². The minimum absolute atomic E-state index is 0.0229. The van der Waals surface area contributed by atoms with Crippen LogP contribution in [0.2, 0.25) is 0 Å². The molecule has 0 unspecified atom stereocenters. The quantitative estimate of drug-likeness (QED) is 0.648. The zero-order valence-electron chi connectivity index (χ0n) is 17.2. The summed E-state index contributed by atoms with van der Waals surface area (Å²) in [7, 11) is -3.29. The summed E-state index contributed by atoms with van der Waals surface area (Å²) in [5.74, 6) is 0.113. The van der Waals surface area contributed by atoms with Crippen LogP contribution in [0.25, 0.3) is 5.57 Å². The van der Waals surface area contributed by atoms with Gasteiger partial charge in [0.1, 0.15) is 0 Å². The fourth-order valence-electron chi connectivity index (χ4n) is 3.07. The Morgan fingerprint density at radius 3 is 2.26 bits per heavy atom. The summed E-state index contributed by atoms with van der Waals surface area (Å²) in [5, 5.41) is 13.3. The maximum absolute atomic E-state index is 12.9. The normalized spacial score (nSPS) is 15.1. The van der Waals surface area contributed by atoms with Gasteiger partial charge in [-0.3, -0.25) is 9.40 Å². The molecule has 0 spiro atoms. The molecule has 0 aliphatic carbocycles. The molecule has 1 amide bonds. The number of nitrogens with zero attached hydrogens (tertiary/aromatic N) is 4. The standard InChI is InChI=1S/C18H23N5O6S2/c1-21(2)31(28,29)15-6-4-14(5-7-15)30(26,27)20-17-16(12-22(3)19-17)13-8-10-23(11-9-13)18(24)25/h4-8,12H,9-11H2,1-3H3,(H,19,20)(H,24,25). The van der Waals surface area contributed by atoms with E-state index in [1.54, 1.807) is 19.3 Å². The molecule has 0 atom stereocenters. The van der Waals surface area contributed by atoms with Gasteiger partial charge >= 0.3 is 6.09 Å². The van der Waals surface area contributed by atoms with Crippen LogP contribution in [0, 0.1) is 0 Å². The van der Waals surface area contributed by atoms with Crippen molar-refractivity contribution in [2.24, 2.45) is 7.05 Å². The fourth-order valence-corrected chi connectivity index (χ4v) is 4.99. The molecule has 2 N–H and O–H groups in total. The summed E-state index contributed by atoms with van der Waals surface area (Å²) in [5.41, 5.74) is 1.35. The molecule has 1 aliphatic rings. The number of aryl methyl sites for hydroxylation is 1. The lowest BCUT2D eigenvalue weighted by molar-refractivity contribution is 0.150. The average molecular weight is 470 g/mol. The highest BCUT2D eigenvalue weighted by Gasteiger charge is 2.24. The molecule has 0 saturated heterocycles. The third-order valence-electron chi connectivity index (χ3n) is 4.80. The number of carboxylic acid groups (broad SMARTS) is 1. The lowest BCUT2D eigenvalue weighted by Crippen LogP contribution is -2.33. The van der Waals surface area contributed by atoms with E-state index in [2.05, 4.69) is 9.82 Å². The van der Waals surface area contributed by atoms with E-state index >= 15 is 0 Å². The van der Waals surface area contributed by atoms with Crippen LogP contribution in [0.5, 0.6) is 0 Å². The van der Waals surface area contributed by atoms with Crippen molar-refractivity contribution in [3.8, 4) is 0 Å². The number of hydrogen-bond donors (Lipinski definition) is 2. The van der Waals surface area contributed by atoms with Gasteiger partial charge in [-0.1, -0.05) is 6.08 Å². The largest absolute Gasteiger partial charge is 0.465 e. The molecular formula is C18H23N5O6S2. The van der Waals surface area contributed by atoms with Crippen molar-refractivity contribution in [1.82, 2.24) is 19.0 Å². The summed E-state index contributed by atoms with van der Waals surface area (Å²) in [6.45, 7) is 0.498. The average Bonchev–Trinajstić information content (AvgIpc) is 3.07. The first-order valence-corrected chi connectivity index (χ1v) is 12.1. The predicted molar refractivity (Wildman–Crippen MR) is 114 cm³/mol. The number of benzene rings is 1. The first kappa shape index (κ1) is 22.8. The number of nitrogens with one attached hydrogen (secondary N) is 1. The number of hydrogen-bond acceptors (Lipinski definition) is 6. The summed E-state index contributed by atoms with van der Waals surface area (Å²) in [6.07, 6.45) is 2.80. The number of rotatable bonds is 6. The summed E-state index contributed by atoms with van der Waals surface area (Å²) in [4.78, 5) is 12.2. The molecule has 168 valence electrons. The van der Waals surface area contributed by atoms with E-state index in [0.29, 0.717) is 18.5 Å². The second-order valence-electron chi connectivity index (χ2n) is 7.14. The van der Waals surface area contributed by atoms with Crippen molar-refractivity contribution < 1.29 is 26.7 Å². The molecule has 11 nitrogen and oxygen atoms in total. The third kappa shape index (κ3) is 4.73. The summed E-state index contributed by atoms with van der Waals surface area (Å²) < 4.78 is 55.0. The molecule has 31 heavy (non-hydrogen) atoms. The van der Waals surface area contributed by atoms with Crippen molar-refractivity contribution in [3.63, 3.8) is 0 Å². The van der Waals surface area contributed by atoms with E-state index < -0.39 is 26.1 Å². The molecule has 1 aliphatic heterocycles. The van der Waals surface area contributed by atoms with Crippen LogP contribution in [0.4, 0.5) is 10.6 Å². The highest BCUT2D eigenvalue weighted by molar-refractivity contribution is 7.92. The minimum Gasteiger partial charge on any atom is -0.465 e. The molecule has 0 radical (unpaired) electrons. The van der Waals surface area contributed by atoms with Crippen molar-refractivity contribution in [1.29, 1.82) is 0 Å². The molecule has 3 rings (SSSR count). The highest BCUT2D eigenvalue weighted by atomic mass is 32.2. The lowest BCUT2D eigenvalue weighted by Gasteiger charge is -2.23. The van der Waals surface area contributed by atoms with Gasteiger partial charge in [0, 0.05) is 46.0 Å². The number of aromatic nitrogens is 2. The van der Waals surface area contributed by atoms with Gasteiger partial charge in [-0.05, 0) is 36.3 Å². The van der Waals surface area contributed by atoms with Crippen LogP contribution in [0.15, 0.2) is 46.3 Å². The van der Waals surface area contributed by atoms with Crippen LogP contribution in [-0.4, -0.2) is 74.2 Å². The van der Waals surface area contributed by atoms with Gasteiger partial charge in [-0.25, -0.2) is 25.9 Å². The van der Waals surface area contributed by atoms with Gasteiger partial charge < -0.3 is 10.0 Å². The smallest absolute Gasteiger partial charge is 0.407 e. The third-order valence-corrected chi connectivity index (χ3v) is 7.98. The van der Waals surface area contributed by atoms with E-state index in [0.717, 1.165) is 9.88 Å². The minimum atomic E-state index is -4.03. The first-order chi connectivity index (χ1) is 14.4. The zero-order chi connectivity index (χ0) is 23.0. The Morgan fingerprint density at radius 2 is 1.74 bits per heavy atom. The Bertz CT molecular complexity index is 1230. The van der Waals surface area contributed by atoms with Gasteiger partial charge in [0.2, 0.25) is 10.0 Å². The lowest BCUT2D eigenvalue weighted by atomic mass is 10.0. The van der Waals surface area contributed by atoms with Crippen LogP contribution >= 0.6 is 0 Å². The van der Waals surface area contributed by atoms with E-state index in [-0.39, 0.29) is 22.2 Å². The fraction of sp³-hybridized carbons (Fsp3) is 0.333. The first-order valence-electron chi connectivity index (χ1n) is 9.18. The van der Waals surface area contributed by atoms with Crippen molar-refractivity contribution in [3.05, 3.63) is 42.1 Å². The number of sulfonamides is 2. The Labute approximate surface area is 180 Å². The van der Waals surface area contributed by atoms with Gasteiger partial charge in [-0.2, -0.15) is 5.10 Å². The van der Waals surface area contributed by atoms with Gasteiger partial charge in [-0.15, -0.1) is 0 Å². The Morgan fingerprint density at radius 1 is 1.13 bits per heavy atom. The van der Waals surface area contributed by atoms with Gasteiger partial charge in [0.25, 0.3) is 10.0 Å². The summed E-state index contributed by atoms with van der Waals surface area (Å²) in [6, 6.07) is 4.89.